The molecular formula is C18H19N5O2. The van der Waals surface area contributed by atoms with E-state index in [2.05, 4.69) is 15.2 Å². The Morgan fingerprint density at radius 3 is 2.68 bits per heavy atom. The number of aryl methyl sites for hydroxylation is 1. The number of hydrogen-bond donors (Lipinski definition) is 1. The Morgan fingerprint density at radius 1 is 1.16 bits per heavy atom. The van der Waals surface area contributed by atoms with Gasteiger partial charge in [-0.05, 0) is 30.7 Å². The zero-order chi connectivity index (χ0) is 17.2. The van der Waals surface area contributed by atoms with Gasteiger partial charge in [0.05, 0.1) is 18.9 Å². The van der Waals surface area contributed by atoms with Crippen LogP contribution in [-0.4, -0.2) is 40.7 Å². The number of nitrogens with zero attached hydrogens (tertiary/aromatic N) is 4. The van der Waals surface area contributed by atoms with E-state index in [9.17, 15) is 4.79 Å². The molecule has 25 heavy (non-hydrogen) atoms. The molecule has 4 heterocycles. The van der Waals surface area contributed by atoms with Crippen LogP contribution < -0.4 is 15.8 Å². The van der Waals surface area contributed by atoms with Crippen LogP contribution in [0.15, 0.2) is 47.7 Å². The largest absolute Gasteiger partial charge is 0.378 e. The fraction of sp³-hybridized carbons (Fsp3) is 0.278. The first-order valence-electron chi connectivity index (χ1n) is 8.24. The molecule has 0 aliphatic carbocycles. The van der Waals surface area contributed by atoms with Crippen LogP contribution in [-0.2, 0) is 4.74 Å². The molecule has 0 unspecified atom stereocenters. The molecule has 0 amide bonds. The van der Waals surface area contributed by atoms with Gasteiger partial charge in [0.25, 0.3) is 5.56 Å². The SMILES string of the molecule is Cc1cc(Nc2ccncc2)c2nc(N3CCOCC3)cc(=O)n2c1. The molecule has 1 N–H and O–H groups in total. The highest BCUT2D eigenvalue weighted by atomic mass is 16.5. The van der Waals surface area contributed by atoms with Gasteiger partial charge in [-0.2, -0.15) is 0 Å². The average molecular weight is 337 g/mol. The number of ether oxygens (including phenoxy) is 1. The standard InChI is InChI=1S/C18H19N5O2/c1-13-10-15(20-14-2-4-19-5-3-14)18-21-16(11-17(24)23(18)12-13)22-6-8-25-9-7-22/h2-5,10-12H,6-9H2,1H3,(H,19,20). The van der Waals surface area contributed by atoms with Crippen LogP contribution in [0.2, 0.25) is 0 Å². The molecule has 0 saturated carbocycles. The quantitative estimate of drug-likeness (QED) is 0.788. The van der Waals surface area contributed by atoms with Gasteiger partial charge >= 0.3 is 0 Å². The summed E-state index contributed by atoms with van der Waals surface area (Å²) in [5.74, 6) is 0.690. The summed E-state index contributed by atoms with van der Waals surface area (Å²) in [4.78, 5) is 23.5. The Labute approximate surface area is 144 Å². The average Bonchev–Trinajstić information content (AvgIpc) is 2.64. The van der Waals surface area contributed by atoms with Gasteiger partial charge in [-0.3, -0.25) is 14.2 Å². The third-order valence-corrected chi connectivity index (χ3v) is 4.18. The van der Waals surface area contributed by atoms with Gasteiger partial charge < -0.3 is 15.0 Å². The smallest absolute Gasteiger partial charge is 0.260 e. The van der Waals surface area contributed by atoms with E-state index in [0.717, 1.165) is 30.0 Å². The first kappa shape index (κ1) is 15.6. The summed E-state index contributed by atoms with van der Waals surface area (Å²) in [5.41, 5.74) is 3.18. The van der Waals surface area contributed by atoms with Crippen LogP contribution in [0.5, 0.6) is 0 Å². The van der Waals surface area contributed by atoms with Gasteiger partial charge in [-0.15, -0.1) is 0 Å². The highest BCUT2D eigenvalue weighted by molar-refractivity contribution is 5.75. The number of rotatable bonds is 3. The molecule has 1 aliphatic rings. The fourth-order valence-electron chi connectivity index (χ4n) is 2.96. The predicted molar refractivity (Wildman–Crippen MR) is 96.8 cm³/mol. The molecule has 1 saturated heterocycles. The summed E-state index contributed by atoms with van der Waals surface area (Å²) in [7, 11) is 0. The van der Waals surface area contributed by atoms with Crippen molar-refractivity contribution in [3.8, 4) is 0 Å². The lowest BCUT2D eigenvalue weighted by Gasteiger charge is -2.28. The van der Waals surface area contributed by atoms with E-state index in [1.807, 2.05) is 31.3 Å². The lowest BCUT2D eigenvalue weighted by atomic mass is 10.2. The van der Waals surface area contributed by atoms with E-state index < -0.39 is 0 Å². The summed E-state index contributed by atoms with van der Waals surface area (Å²) < 4.78 is 6.97. The van der Waals surface area contributed by atoms with E-state index in [1.54, 1.807) is 22.9 Å². The van der Waals surface area contributed by atoms with Crippen LogP contribution in [0.3, 0.4) is 0 Å². The molecule has 0 spiro atoms. The zero-order valence-electron chi connectivity index (χ0n) is 14.0. The van der Waals surface area contributed by atoms with E-state index in [1.165, 1.54) is 0 Å². The third kappa shape index (κ3) is 3.18. The first-order valence-corrected chi connectivity index (χ1v) is 8.24. The Morgan fingerprint density at radius 2 is 1.92 bits per heavy atom. The number of anilines is 3. The van der Waals surface area contributed by atoms with Crippen LogP contribution in [0.25, 0.3) is 5.65 Å². The summed E-state index contributed by atoms with van der Waals surface area (Å²) in [6, 6.07) is 7.34. The van der Waals surface area contributed by atoms with E-state index in [-0.39, 0.29) is 5.56 Å². The minimum atomic E-state index is -0.0898. The van der Waals surface area contributed by atoms with Gasteiger partial charge in [0.1, 0.15) is 5.82 Å². The molecule has 0 atom stereocenters. The van der Waals surface area contributed by atoms with Crippen molar-refractivity contribution >= 4 is 22.8 Å². The van der Waals surface area contributed by atoms with Crippen LogP contribution >= 0.6 is 0 Å². The number of morpholine rings is 1. The lowest BCUT2D eigenvalue weighted by Crippen LogP contribution is -2.37. The maximum absolute atomic E-state index is 12.6. The normalized spacial score (nSPS) is 14.7. The van der Waals surface area contributed by atoms with Gasteiger partial charge in [-0.1, -0.05) is 0 Å². The summed E-state index contributed by atoms with van der Waals surface area (Å²) >= 11 is 0. The fourth-order valence-corrected chi connectivity index (χ4v) is 2.96. The number of fused-ring (bicyclic) bond motifs is 1. The second-order valence-electron chi connectivity index (χ2n) is 6.04. The molecule has 1 fully saturated rings. The Balaban J connectivity index is 1.83. The van der Waals surface area contributed by atoms with Crippen molar-refractivity contribution in [2.24, 2.45) is 0 Å². The monoisotopic (exact) mass is 337 g/mol. The Bertz CT molecular complexity index is 949. The predicted octanol–water partition coefficient (Wildman–Crippen LogP) is 1.98. The van der Waals surface area contributed by atoms with Gasteiger partial charge in [-0.25, -0.2) is 4.98 Å². The van der Waals surface area contributed by atoms with Crippen molar-refractivity contribution in [1.82, 2.24) is 14.4 Å². The van der Waals surface area contributed by atoms with Crippen LogP contribution in [0.1, 0.15) is 5.56 Å². The van der Waals surface area contributed by atoms with Gasteiger partial charge in [0.15, 0.2) is 5.65 Å². The topological polar surface area (TPSA) is 71.8 Å². The molecule has 128 valence electrons. The van der Waals surface area contributed by atoms with Crippen molar-refractivity contribution < 1.29 is 4.74 Å². The molecule has 0 bridgehead atoms. The van der Waals surface area contributed by atoms with Crippen LogP contribution in [0, 0.1) is 6.92 Å². The van der Waals surface area contributed by atoms with Crippen molar-refractivity contribution in [2.45, 2.75) is 6.92 Å². The van der Waals surface area contributed by atoms with Gasteiger partial charge in [0, 0.05) is 43.4 Å². The minimum absolute atomic E-state index is 0.0898. The van der Waals surface area contributed by atoms with Crippen molar-refractivity contribution in [3.05, 3.63) is 58.8 Å². The lowest BCUT2D eigenvalue weighted by molar-refractivity contribution is 0.122. The first-order chi connectivity index (χ1) is 12.2. The molecule has 0 radical (unpaired) electrons. The van der Waals surface area contributed by atoms with Crippen LogP contribution in [0.4, 0.5) is 17.2 Å². The molecular weight excluding hydrogens is 318 g/mol. The number of nitrogens with one attached hydrogen (secondary N) is 1. The van der Waals surface area contributed by atoms with Gasteiger partial charge in [0.2, 0.25) is 0 Å². The van der Waals surface area contributed by atoms with E-state index >= 15 is 0 Å². The van der Waals surface area contributed by atoms with Crippen molar-refractivity contribution in [1.29, 1.82) is 0 Å². The zero-order valence-corrected chi connectivity index (χ0v) is 14.0. The number of aromatic nitrogens is 3. The maximum atomic E-state index is 12.6. The highest BCUT2D eigenvalue weighted by Crippen LogP contribution is 2.23. The second kappa shape index (κ2) is 6.52. The molecule has 7 nitrogen and oxygen atoms in total. The maximum Gasteiger partial charge on any atom is 0.260 e. The number of pyridine rings is 2. The summed E-state index contributed by atoms with van der Waals surface area (Å²) in [5, 5.41) is 3.34. The van der Waals surface area contributed by atoms with Crippen molar-refractivity contribution in [3.63, 3.8) is 0 Å². The number of hydrogen-bond acceptors (Lipinski definition) is 6. The Kier molecular flexibility index (Phi) is 4.07. The molecule has 4 rings (SSSR count). The van der Waals surface area contributed by atoms with Crippen molar-refractivity contribution in [2.75, 3.05) is 36.5 Å². The Hall–Kier alpha value is -2.93. The van der Waals surface area contributed by atoms with E-state index in [4.69, 9.17) is 9.72 Å². The minimum Gasteiger partial charge on any atom is -0.378 e. The van der Waals surface area contributed by atoms with E-state index in [0.29, 0.717) is 24.7 Å². The highest BCUT2D eigenvalue weighted by Gasteiger charge is 2.16. The summed E-state index contributed by atoms with van der Waals surface area (Å²) in [6.45, 7) is 4.73. The second-order valence-corrected chi connectivity index (χ2v) is 6.04. The molecule has 3 aromatic rings. The molecule has 1 aliphatic heterocycles. The summed E-state index contributed by atoms with van der Waals surface area (Å²) in [6.07, 6.45) is 5.25. The molecule has 0 aromatic carbocycles. The third-order valence-electron chi connectivity index (χ3n) is 4.18. The molecule has 7 heteroatoms. The molecule has 3 aromatic heterocycles.